The van der Waals surface area contributed by atoms with Gasteiger partial charge in [-0.25, -0.2) is 0 Å². The molecule has 0 aromatic rings. The molecule has 0 spiro atoms. The fraction of sp³-hybridized carbons (Fsp3) is 0.953. The summed E-state index contributed by atoms with van der Waals surface area (Å²) in [6.07, 6.45) is 69.3. The summed E-state index contributed by atoms with van der Waals surface area (Å²) in [6.45, 7) is 20.3. The topological polar surface area (TPSA) is 152 Å². The zero-order valence-electron chi connectivity index (χ0n) is 66.3. The number of carbonyl (C=O) groups excluding carboxylic acids is 4. The average molecular weight is 1390 g/mol. The van der Waals surface area contributed by atoms with Gasteiger partial charge in [0.15, 0.2) is 0 Å². The van der Waals surface area contributed by atoms with Crippen LogP contribution in [0.4, 0.5) is 0 Å². The van der Waals surface area contributed by atoms with Gasteiger partial charge in [-0.15, -0.1) is 0 Å². The predicted molar refractivity (Wildman–Crippen MR) is 416 cm³/mol. The molecule has 0 fully saturated rings. The van der Waals surface area contributed by atoms with Crippen LogP contribution >= 0.6 is 0 Å². The first-order chi connectivity index (χ1) is 48.1. The molecule has 0 radical (unpaired) electrons. The van der Waals surface area contributed by atoms with Gasteiger partial charge < -0.3 is 39.0 Å². The third kappa shape index (κ3) is 66.9. The van der Waals surface area contributed by atoms with Crippen LogP contribution in [0.15, 0.2) is 0 Å². The molecule has 0 aliphatic rings. The summed E-state index contributed by atoms with van der Waals surface area (Å²) >= 11 is 0. The van der Waals surface area contributed by atoms with Crippen LogP contribution in [0.5, 0.6) is 0 Å². The van der Waals surface area contributed by atoms with E-state index in [0.717, 1.165) is 206 Å². The fourth-order valence-corrected chi connectivity index (χ4v) is 14.5. The van der Waals surface area contributed by atoms with E-state index in [2.05, 4.69) is 51.3 Å². The van der Waals surface area contributed by atoms with Crippen molar-refractivity contribution in [1.29, 1.82) is 0 Å². The summed E-state index contributed by atoms with van der Waals surface area (Å²) in [4.78, 5) is 56.0. The van der Waals surface area contributed by atoms with Gasteiger partial charge in [-0.1, -0.05) is 292 Å². The van der Waals surface area contributed by atoms with Crippen molar-refractivity contribution in [2.24, 2.45) is 11.8 Å². The van der Waals surface area contributed by atoms with Crippen molar-refractivity contribution in [2.75, 3.05) is 65.7 Å². The lowest BCUT2D eigenvalue weighted by atomic mass is 9.80. The number of aliphatic hydroxyl groups is 2. The van der Waals surface area contributed by atoms with Gasteiger partial charge in [-0.3, -0.25) is 19.2 Å². The molecule has 0 rings (SSSR count). The molecule has 0 heterocycles. The molecule has 3 atom stereocenters. The van der Waals surface area contributed by atoms with Gasteiger partial charge in [0.1, 0.15) is 12.2 Å². The number of hydrogen-bond donors (Lipinski definition) is 2. The number of ether oxygens (including phenoxy) is 4. The summed E-state index contributed by atoms with van der Waals surface area (Å²) in [5.74, 6) is 1.20. The Morgan fingerprint density at radius 2 is 0.500 bits per heavy atom. The van der Waals surface area contributed by atoms with E-state index in [1.54, 1.807) is 0 Å². The third-order valence-electron chi connectivity index (χ3n) is 21.0. The molecule has 0 aliphatic heterocycles. The second kappa shape index (κ2) is 77.3. The van der Waals surface area contributed by atoms with Crippen molar-refractivity contribution in [3.8, 4) is 0 Å². The number of esters is 4. The molecule has 582 valence electrons. The Morgan fingerprint density at radius 3 is 0.857 bits per heavy atom. The number of carbonyl (C=O) groups is 4. The SMILES string of the molecule is CCCCCCCCCCCOC(=O)CCCCCN(CCO)CCCCCCCC(=O)OC(CCCCCCCC)CCCCCC(CC)C(CCCCC)CCCOC(=O)CCCCCCCN(CCO)CCCCCC(=O)OC(CCCCCCCC)CCCCCCCC. The van der Waals surface area contributed by atoms with Crippen LogP contribution in [0.2, 0.25) is 0 Å². The highest BCUT2D eigenvalue weighted by Crippen LogP contribution is 2.32. The van der Waals surface area contributed by atoms with Crippen LogP contribution in [0.3, 0.4) is 0 Å². The normalized spacial score (nSPS) is 12.7. The van der Waals surface area contributed by atoms with Gasteiger partial charge in [0.2, 0.25) is 0 Å². The maximum Gasteiger partial charge on any atom is 0.306 e. The van der Waals surface area contributed by atoms with Crippen molar-refractivity contribution in [3.63, 3.8) is 0 Å². The van der Waals surface area contributed by atoms with Gasteiger partial charge in [0.25, 0.3) is 0 Å². The van der Waals surface area contributed by atoms with Crippen LogP contribution < -0.4 is 0 Å². The molecular weight excluding hydrogens is 1220 g/mol. The number of rotatable bonds is 81. The van der Waals surface area contributed by atoms with Gasteiger partial charge in [-0.05, 0) is 160 Å². The number of nitrogens with zero attached hydrogens (tertiary/aromatic N) is 2. The minimum Gasteiger partial charge on any atom is -0.466 e. The Balaban J connectivity index is 4.63. The fourth-order valence-electron chi connectivity index (χ4n) is 14.5. The smallest absolute Gasteiger partial charge is 0.306 e. The minimum absolute atomic E-state index is 0.0174. The summed E-state index contributed by atoms with van der Waals surface area (Å²) in [7, 11) is 0. The molecular formula is C86H168N2O10. The zero-order chi connectivity index (χ0) is 71.5. The van der Waals surface area contributed by atoms with Crippen LogP contribution in [0, 0.1) is 11.8 Å². The van der Waals surface area contributed by atoms with E-state index in [0.29, 0.717) is 63.8 Å². The lowest BCUT2D eigenvalue weighted by Crippen LogP contribution is -2.29. The van der Waals surface area contributed by atoms with Gasteiger partial charge in [0, 0.05) is 38.8 Å². The highest BCUT2D eigenvalue weighted by molar-refractivity contribution is 5.70. The summed E-state index contributed by atoms with van der Waals surface area (Å²) < 4.78 is 23.6. The number of aliphatic hydroxyl groups excluding tert-OH is 2. The largest absolute Gasteiger partial charge is 0.466 e. The Bertz CT molecular complexity index is 1650. The standard InChI is InChI=1S/C86H168N2O10/c1-7-13-18-22-26-27-28-38-56-77-95-83(91)66-50-40-54-71-87(73-75-89)70-53-37-30-35-49-67-85(93)98-82(63-46-33-25-21-16-10-4)64-47-39-43-58-79(12-6)80(59-42-17-11-5)60-57-78-96-84(92)65-48-34-29-36-52-69-88(74-76-90)72-55-41-51-68-86(94)97-81(61-44-31-23-19-14-8-2)62-45-32-24-20-15-9-3/h79-82,89-90H,7-78H2,1-6H3. The monoisotopic (exact) mass is 1390 g/mol. The summed E-state index contributed by atoms with van der Waals surface area (Å²) in [6, 6.07) is 0. The van der Waals surface area contributed by atoms with Crippen molar-refractivity contribution in [2.45, 2.75) is 452 Å². The zero-order valence-corrected chi connectivity index (χ0v) is 66.3. The number of hydrogen-bond acceptors (Lipinski definition) is 12. The third-order valence-corrected chi connectivity index (χ3v) is 21.0. The summed E-state index contributed by atoms with van der Waals surface area (Å²) in [5.41, 5.74) is 0. The maximum atomic E-state index is 13.3. The molecule has 0 amide bonds. The lowest BCUT2D eigenvalue weighted by molar-refractivity contribution is -0.151. The maximum absolute atomic E-state index is 13.3. The van der Waals surface area contributed by atoms with Crippen LogP contribution in [0.25, 0.3) is 0 Å². The van der Waals surface area contributed by atoms with E-state index >= 15 is 0 Å². The minimum atomic E-state index is -0.0598. The number of unbranched alkanes of at least 4 members (excludes halogenated alkanes) is 39. The predicted octanol–water partition coefficient (Wildman–Crippen LogP) is 24.0. The van der Waals surface area contributed by atoms with E-state index in [1.807, 2.05) is 0 Å². The van der Waals surface area contributed by atoms with Gasteiger partial charge in [0.05, 0.1) is 26.4 Å². The van der Waals surface area contributed by atoms with E-state index < -0.39 is 0 Å². The highest BCUT2D eigenvalue weighted by atomic mass is 16.6. The first-order valence-electron chi connectivity index (χ1n) is 43.5. The molecule has 2 N–H and O–H groups in total. The van der Waals surface area contributed by atoms with E-state index in [-0.39, 0.29) is 49.3 Å². The lowest BCUT2D eigenvalue weighted by Gasteiger charge is -2.27. The Morgan fingerprint density at radius 1 is 0.255 bits per heavy atom. The van der Waals surface area contributed by atoms with Crippen LogP contribution in [0.1, 0.15) is 440 Å². The molecule has 0 aromatic carbocycles. The molecule has 0 aliphatic carbocycles. The molecule has 12 heteroatoms. The molecule has 3 unspecified atom stereocenters. The molecule has 0 saturated heterocycles. The Hall–Kier alpha value is -2.28. The van der Waals surface area contributed by atoms with Gasteiger partial charge in [-0.2, -0.15) is 0 Å². The average Bonchev–Trinajstić information content (AvgIpc) is 1.48. The first kappa shape index (κ1) is 95.7. The van der Waals surface area contributed by atoms with Crippen LogP contribution in [-0.4, -0.2) is 122 Å². The van der Waals surface area contributed by atoms with E-state index in [9.17, 15) is 29.4 Å². The second-order valence-corrected chi connectivity index (χ2v) is 30.2. The van der Waals surface area contributed by atoms with E-state index in [4.69, 9.17) is 18.9 Å². The Labute approximate surface area is 608 Å². The van der Waals surface area contributed by atoms with Crippen LogP contribution in [-0.2, 0) is 38.1 Å². The molecule has 0 saturated carbocycles. The molecule has 0 bridgehead atoms. The molecule has 98 heavy (non-hydrogen) atoms. The van der Waals surface area contributed by atoms with Crippen molar-refractivity contribution in [3.05, 3.63) is 0 Å². The highest BCUT2D eigenvalue weighted by Gasteiger charge is 2.21. The summed E-state index contributed by atoms with van der Waals surface area (Å²) in [5, 5.41) is 19.5. The van der Waals surface area contributed by atoms with Crippen molar-refractivity contribution < 1.29 is 48.3 Å². The second-order valence-electron chi connectivity index (χ2n) is 30.2. The first-order valence-corrected chi connectivity index (χ1v) is 43.5. The molecule has 12 nitrogen and oxygen atoms in total. The van der Waals surface area contributed by atoms with E-state index in [1.165, 1.54) is 193 Å². The van der Waals surface area contributed by atoms with Crippen molar-refractivity contribution >= 4 is 23.9 Å². The van der Waals surface area contributed by atoms with Gasteiger partial charge >= 0.3 is 23.9 Å². The quantitative estimate of drug-likeness (QED) is 0.0339. The molecule has 0 aromatic heterocycles. The Kier molecular flexibility index (Phi) is 75.5. The van der Waals surface area contributed by atoms with Crippen molar-refractivity contribution in [1.82, 2.24) is 9.80 Å².